The minimum atomic E-state index is 0.190. The van der Waals surface area contributed by atoms with Gasteiger partial charge in [-0.05, 0) is 48.0 Å². The van der Waals surface area contributed by atoms with Crippen molar-refractivity contribution < 1.29 is 10.2 Å². The van der Waals surface area contributed by atoms with Crippen LogP contribution < -0.4 is 0 Å². The van der Waals surface area contributed by atoms with Crippen molar-refractivity contribution in [2.45, 2.75) is 0 Å². The molecule has 0 unspecified atom stereocenters. The number of pyridine rings is 2. The molecule has 0 fully saturated rings. The molecule has 126 valence electrons. The highest BCUT2D eigenvalue weighted by Crippen LogP contribution is 2.31. The summed E-state index contributed by atoms with van der Waals surface area (Å²) in [6.07, 6.45) is 3.53. The number of hydrogen-bond donors (Lipinski definition) is 2. The standard InChI is InChI=1S/C22H16N2O2/c25-19-7-1-4-15(10-19)21-12-18(17-6-3-9-23-14-17)13-22(24-21)16-5-2-8-20(26)11-16/h1-14,25-26H. The van der Waals surface area contributed by atoms with E-state index in [0.29, 0.717) is 0 Å². The molecule has 26 heavy (non-hydrogen) atoms. The number of nitrogens with zero attached hydrogens (tertiary/aromatic N) is 2. The lowest BCUT2D eigenvalue weighted by atomic mass is 10.0. The Morgan fingerprint density at radius 2 is 1.15 bits per heavy atom. The van der Waals surface area contributed by atoms with E-state index >= 15 is 0 Å². The van der Waals surface area contributed by atoms with Crippen LogP contribution in [0.3, 0.4) is 0 Å². The first kappa shape index (κ1) is 15.8. The number of rotatable bonds is 3. The van der Waals surface area contributed by atoms with Crippen LogP contribution in [0.25, 0.3) is 33.6 Å². The van der Waals surface area contributed by atoms with Crippen molar-refractivity contribution in [1.29, 1.82) is 0 Å². The summed E-state index contributed by atoms with van der Waals surface area (Å²) in [6, 6.07) is 21.8. The Morgan fingerprint density at radius 3 is 1.65 bits per heavy atom. The van der Waals surface area contributed by atoms with Crippen LogP contribution in [0.2, 0.25) is 0 Å². The molecule has 0 radical (unpaired) electrons. The van der Waals surface area contributed by atoms with Gasteiger partial charge in [-0.2, -0.15) is 0 Å². The van der Waals surface area contributed by atoms with Gasteiger partial charge in [-0.1, -0.05) is 30.3 Å². The third kappa shape index (κ3) is 3.26. The number of aromatic nitrogens is 2. The van der Waals surface area contributed by atoms with Crippen molar-refractivity contribution in [1.82, 2.24) is 9.97 Å². The van der Waals surface area contributed by atoms with E-state index in [1.165, 1.54) is 0 Å². The fraction of sp³-hybridized carbons (Fsp3) is 0. The number of hydrogen-bond acceptors (Lipinski definition) is 4. The van der Waals surface area contributed by atoms with Crippen molar-refractivity contribution in [3.8, 4) is 45.1 Å². The zero-order valence-electron chi connectivity index (χ0n) is 13.9. The Morgan fingerprint density at radius 1 is 0.577 bits per heavy atom. The minimum absolute atomic E-state index is 0.190. The zero-order chi connectivity index (χ0) is 17.9. The van der Waals surface area contributed by atoms with Crippen molar-refractivity contribution in [3.05, 3.63) is 85.2 Å². The van der Waals surface area contributed by atoms with Crippen molar-refractivity contribution in [3.63, 3.8) is 0 Å². The van der Waals surface area contributed by atoms with E-state index in [0.717, 1.165) is 33.6 Å². The average molecular weight is 340 g/mol. The van der Waals surface area contributed by atoms with Crippen molar-refractivity contribution >= 4 is 0 Å². The SMILES string of the molecule is Oc1cccc(-c2cc(-c3cccnc3)cc(-c3cccc(O)c3)n2)c1. The minimum Gasteiger partial charge on any atom is -0.508 e. The van der Waals surface area contributed by atoms with Crippen LogP contribution in [-0.4, -0.2) is 20.2 Å². The molecule has 0 aliphatic carbocycles. The number of phenols is 2. The molecule has 0 saturated carbocycles. The third-order valence-corrected chi connectivity index (χ3v) is 4.10. The summed E-state index contributed by atoms with van der Waals surface area (Å²) >= 11 is 0. The Labute approximate surface area is 151 Å². The number of benzene rings is 2. The largest absolute Gasteiger partial charge is 0.508 e. The summed E-state index contributed by atoms with van der Waals surface area (Å²) < 4.78 is 0. The fourth-order valence-electron chi connectivity index (χ4n) is 2.86. The monoisotopic (exact) mass is 340 g/mol. The highest BCUT2D eigenvalue weighted by molar-refractivity contribution is 5.76. The molecule has 0 aliphatic heterocycles. The topological polar surface area (TPSA) is 66.2 Å². The molecular weight excluding hydrogens is 324 g/mol. The van der Waals surface area contributed by atoms with Gasteiger partial charge in [0.2, 0.25) is 0 Å². The first-order valence-corrected chi connectivity index (χ1v) is 8.20. The average Bonchev–Trinajstić information content (AvgIpc) is 2.68. The lowest BCUT2D eigenvalue weighted by molar-refractivity contribution is 0.475. The van der Waals surface area contributed by atoms with Gasteiger partial charge in [0, 0.05) is 29.1 Å². The lowest BCUT2D eigenvalue weighted by Gasteiger charge is -2.10. The van der Waals surface area contributed by atoms with Crippen LogP contribution in [0.15, 0.2) is 85.2 Å². The Kier molecular flexibility index (Phi) is 4.07. The van der Waals surface area contributed by atoms with Crippen LogP contribution in [0, 0.1) is 0 Å². The molecule has 0 atom stereocenters. The predicted molar refractivity (Wildman–Crippen MR) is 102 cm³/mol. The van der Waals surface area contributed by atoms with Gasteiger partial charge in [0.25, 0.3) is 0 Å². The Bertz CT molecular complexity index is 999. The third-order valence-electron chi connectivity index (χ3n) is 4.10. The highest BCUT2D eigenvalue weighted by atomic mass is 16.3. The second kappa shape index (κ2) is 6.69. The van der Waals surface area contributed by atoms with E-state index < -0.39 is 0 Å². The van der Waals surface area contributed by atoms with Gasteiger partial charge < -0.3 is 10.2 Å². The first-order valence-electron chi connectivity index (χ1n) is 8.20. The van der Waals surface area contributed by atoms with Gasteiger partial charge in [-0.15, -0.1) is 0 Å². The molecule has 2 heterocycles. The van der Waals surface area contributed by atoms with Crippen molar-refractivity contribution in [2.75, 3.05) is 0 Å². The maximum Gasteiger partial charge on any atom is 0.116 e. The second-order valence-corrected chi connectivity index (χ2v) is 5.97. The molecule has 2 N–H and O–H groups in total. The second-order valence-electron chi connectivity index (χ2n) is 5.97. The molecular formula is C22H16N2O2. The van der Waals surface area contributed by atoms with E-state index in [9.17, 15) is 10.2 Å². The molecule has 0 spiro atoms. The molecule has 0 saturated heterocycles. The first-order chi connectivity index (χ1) is 12.7. The quantitative estimate of drug-likeness (QED) is 0.557. The van der Waals surface area contributed by atoms with Crippen LogP contribution in [0.4, 0.5) is 0 Å². The van der Waals surface area contributed by atoms with Gasteiger partial charge in [0.05, 0.1) is 11.4 Å². The maximum atomic E-state index is 9.81. The summed E-state index contributed by atoms with van der Waals surface area (Å²) in [7, 11) is 0. The smallest absolute Gasteiger partial charge is 0.116 e. The molecule has 4 rings (SSSR count). The zero-order valence-corrected chi connectivity index (χ0v) is 13.9. The molecule has 4 aromatic rings. The van der Waals surface area contributed by atoms with Gasteiger partial charge in [-0.25, -0.2) is 4.98 Å². The highest BCUT2D eigenvalue weighted by Gasteiger charge is 2.10. The molecule has 2 aromatic heterocycles. The van der Waals surface area contributed by atoms with Gasteiger partial charge in [0.1, 0.15) is 11.5 Å². The summed E-state index contributed by atoms with van der Waals surface area (Å²) in [5.41, 5.74) is 5.04. The van der Waals surface area contributed by atoms with Gasteiger partial charge in [0.15, 0.2) is 0 Å². The van der Waals surface area contributed by atoms with Crippen LogP contribution in [0.1, 0.15) is 0 Å². The summed E-state index contributed by atoms with van der Waals surface area (Å²) in [5, 5.41) is 19.6. The Hall–Kier alpha value is -3.66. The summed E-state index contributed by atoms with van der Waals surface area (Å²) in [6.45, 7) is 0. The summed E-state index contributed by atoms with van der Waals surface area (Å²) in [4.78, 5) is 8.93. The van der Waals surface area contributed by atoms with Crippen LogP contribution in [-0.2, 0) is 0 Å². The molecule has 4 nitrogen and oxygen atoms in total. The van der Waals surface area contributed by atoms with Gasteiger partial charge in [-0.3, -0.25) is 4.98 Å². The predicted octanol–water partition coefficient (Wildman–Crippen LogP) is 4.89. The van der Waals surface area contributed by atoms with E-state index in [1.54, 1.807) is 48.8 Å². The number of aromatic hydroxyl groups is 2. The lowest BCUT2D eigenvalue weighted by Crippen LogP contribution is -1.91. The van der Waals surface area contributed by atoms with Crippen LogP contribution >= 0.6 is 0 Å². The normalized spacial score (nSPS) is 10.6. The molecule has 0 amide bonds. The van der Waals surface area contributed by atoms with Gasteiger partial charge >= 0.3 is 0 Å². The van der Waals surface area contributed by atoms with E-state index in [1.807, 2.05) is 36.4 Å². The van der Waals surface area contributed by atoms with Crippen LogP contribution in [0.5, 0.6) is 11.5 Å². The number of phenolic OH excluding ortho intramolecular Hbond substituents is 2. The van der Waals surface area contributed by atoms with E-state index in [-0.39, 0.29) is 11.5 Å². The maximum absolute atomic E-state index is 9.81. The van der Waals surface area contributed by atoms with E-state index in [2.05, 4.69) is 4.98 Å². The molecule has 4 heteroatoms. The molecule has 2 aromatic carbocycles. The fourth-order valence-corrected chi connectivity index (χ4v) is 2.86. The Balaban J connectivity index is 1.93. The van der Waals surface area contributed by atoms with E-state index in [4.69, 9.17) is 4.98 Å². The van der Waals surface area contributed by atoms with Crippen molar-refractivity contribution in [2.24, 2.45) is 0 Å². The summed E-state index contributed by atoms with van der Waals surface area (Å²) in [5.74, 6) is 0.380. The molecule has 0 bridgehead atoms. The molecule has 0 aliphatic rings.